The second-order valence-corrected chi connectivity index (χ2v) is 15.8. The standard InChI is InChI=1S/C12H27NO3Si.C8H19ClO2Si.C4H9NO/c1-4-15-17(3,16-5-2)12-6-7-13-8-10-14-11-9-13;1-4-10-12(3,11-5-2)8-6-7-9;1-3-6-4-2-5-1/h4-12H2,1-3H3;4-8H2,1-3H3;5H,1-4H2. The summed E-state index contributed by atoms with van der Waals surface area (Å²) in [6, 6.07) is 2.09. The molecule has 35 heavy (non-hydrogen) atoms. The van der Waals surface area contributed by atoms with Crippen LogP contribution in [0.1, 0.15) is 40.5 Å². The average Bonchev–Trinajstić information content (AvgIpc) is 2.86. The molecule has 0 spiro atoms. The number of nitrogens with zero attached hydrogens (tertiary/aromatic N) is 1. The summed E-state index contributed by atoms with van der Waals surface area (Å²) in [7, 11) is -3.75. The number of alkyl halides is 1. The predicted molar refractivity (Wildman–Crippen MR) is 150 cm³/mol. The molecule has 0 atom stereocenters. The van der Waals surface area contributed by atoms with Crippen molar-refractivity contribution in [2.45, 2.75) is 65.7 Å². The van der Waals surface area contributed by atoms with E-state index in [2.05, 4.69) is 23.3 Å². The zero-order chi connectivity index (χ0) is 26.3. The van der Waals surface area contributed by atoms with Crippen LogP contribution >= 0.6 is 11.6 Å². The van der Waals surface area contributed by atoms with Gasteiger partial charge in [-0.05, 0) is 72.3 Å². The van der Waals surface area contributed by atoms with Crippen LogP contribution in [0, 0.1) is 0 Å². The van der Waals surface area contributed by atoms with Crippen LogP contribution < -0.4 is 5.32 Å². The van der Waals surface area contributed by atoms with Crippen LogP contribution in [0.2, 0.25) is 25.2 Å². The number of rotatable bonds is 15. The Morgan fingerprint density at radius 3 is 1.49 bits per heavy atom. The molecule has 2 rings (SSSR count). The van der Waals surface area contributed by atoms with E-state index in [1.165, 1.54) is 6.42 Å². The number of hydrogen-bond acceptors (Lipinski definition) is 8. The van der Waals surface area contributed by atoms with Crippen molar-refractivity contribution in [2.75, 3.05) is 91.5 Å². The first-order chi connectivity index (χ1) is 16.9. The van der Waals surface area contributed by atoms with E-state index >= 15 is 0 Å². The van der Waals surface area contributed by atoms with Crippen molar-refractivity contribution in [3.63, 3.8) is 0 Å². The molecule has 2 fully saturated rings. The molecular formula is C24H55ClN2O6Si2. The Bertz CT molecular complexity index is 438. The molecule has 8 nitrogen and oxygen atoms in total. The highest BCUT2D eigenvalue weighted by Gasteiger charge is 2.30. The first-order valence-corrected chi connectivity index (χ1v) is 19.2. The summed E-state index contributed by atoms with van der Waals surface area (Å²) in [5.41, 5.74) is 0. The Labute approximate surface area is 223 Å². The minimum atomic E-state index is -1.89. The summed E-state index contributed by atoms with van der Waals surface area (Å²) < 4.78 is 33.3. The molecule has 0 aromatic heterocycles. The molecule has 2 saturated heterocycles. The van der Waals surface area contributed by atoms with E-state index in [1.807, 2.05) is 27.7 Å². The lowest BCUT2D eigenvalue weighted by molar-refractivity contribution is 0.0376. The van der Waals surface area contributed by atoms with E-state index in [1.54, 1.807) is 0 Å². The third kappa shape index (κ3) is 20.1. The Kier molecular flexibility index (Phi) is 23.8. The van der Waals surface area contributed by atoms with Gasteiger partial charge in [-0.1, -0.05) is 0 Å². The first kappa shape index (κ1) is 35.4. The van der Waals surface area contributed by atoms with E-state index < -0.39 is 17.1 Å². The lowest BCUT2D eigenvalue weighted by Gasteiger charge is -2.29. The summed E-state index contributed by atoms with van der Waals surface area (Å²) in [5.74, 6) is 0.697. The van der Waals surface area contributed by atoms with E-state index in [-0.39, 0.29) is 0 Å². The van der Waals surface area contributed by atoms with Crippen molar-refractivity contribution in [3.05, 3.63) is 0 Å². The number of nitrogens with one attached hydrogen (secondary N) is 1. The molecule has 11 heteroatoms. The van der Waals surface area contributed by atoms with Crippen molar-refractivity contribution < 1.29 is 27.2 Å². The van der Waals surface area contributed by atoms with Crippen LogP contribution in [-0.4, -0.2) is 113 Å². The molecule has 2 heterocycles. The number of hydrogen-bond donors (Lipinski definition) is 1. The van der Waals surface area contributed by atoms with Gasteiger partial charge in [-0.2, -0.15) is 0 Å². The molecule has 0 aliphatic carbocycles. The van der Waals surface area contributed by atoms with Crippen molar-refractivity contribution in [3.8, 4) is 0 Å². The Balaban J connectivity index is 0.000000554. The van der Waals surface area contributed by atoms with E-state index in [0.717, 1.165) is 104 Å². The van der Waals surface area contributed by atoms with E-state index in [4.69, 9.17) is 38.8 Å². The number of halogens is 1. The predicted octanol–water partition coefficient (Wildman–Crippen LogP) is 4.22. The summed E-state index contributed by atoms with van der Waals surface area (Å²) in [6.45, 7) is 24.3. The maximum absolute atomic E-state index is 5.83. The van der Waals surface area contributed by atoms with E-state index in [0.29, 0.717) is 5.88 Å². The Morgan fingerprint density at radius 2 is 1.14 bits per heavy atom. The fourth-order valence-corrected chi connectivity index (χ4v) is 9.11. The average molecular weight is 559 g/mol. The molecule has 0 aromatic rings. The fourth-order valence-electron chi connectivity index (χ4n) is 3.95. The molecule has 2 aliphatic rings. The lowest BCUT2D eigenvalue weighted by atomic mass is 10.3. The van der Waals surface area contributed by atoms with Gasteiger partial charge < -0.3 is 32.5 Å². The molecule has 1 N–H and O–H groups in total. The molecule has 2 aliphatic heterocycles. The fraction of sp³-hybridized carbons (Fsp3) is 1.00. The number of ether oxygens (including phenoxy) is 2. The summed E-state index contributed by atoms with van der Waals surface area (Å²) in [5, 5.41) is 3.16. The second-order valence-electron chi connectivity index (χ2n) is 8.71. The van der Waals surface area contributed by atoms with Gasteiger partial charge in [-0.25, -0.2) is 0 Å². The summed E-state index contributed by atoms with van der Waals surface area (Å²) in [4.78, 5) is 2.47. The highest BCUT2D eigenvalue weighted by atomic mass is 35.5. The van der Waals surface area contributed by atoms with Gasteiger partial charge in [0.2, 0.25) is 0 Å². The van der Waals surface area contributed by atoms with E-state index in [9.17, 15) is 0 Å². The van der Waals surface area contributed by atoms with Crippen LogP contribution in [0.15, 0.2) is 0 Å². The molecule has 0 radical (unpaired) electrons. The smallest absolute Gasteiger partial charge is 0.334 e. The van der Waals surface area contributed by atoms with Gasteiger partial charge >= 0.3 is 17.1 Å². The van der Waals surface area contributed by atoms with Crippen molar-refractivity contribution in [2.24, 2.45) is 0 Å². The van der Waals surface area contributed by atoms with Gasteiger partial charge in [0.25, 0.3) is 0 Å². The third-order valence-electron chi connectivity index (χ3n) is 5.62. The first-order valence-electron chi connectivity index (χ1n) is 13.6. The van der Waals surface area contributed by atoms with Crippen molar-refractivity contribution in [1.29, 1.82) is 0 Å². The zero-order valence-electron chi connectivity index (χ0n) is 23.5. The topological polar surface area (TPSA) is 70.7 Å². The van der Waals surface area contributed by atoms with Crippen LogP contribution in [0.5, 0.6) is 0 Å². The number of morpholine rings is 2. The molecule has 0 aromatic carbocycles. The van der Waals surface area contributed by atoms with Crippen LogP contribution in [0.25, 0.3) is 0 Å². The van der Waals surface area contributed by atoms with Crippen LogP contribution in [0.3, 0.4) is 0 Å². The van der Waals surface area contributed by atoms with Gasteiger partial charge in [-0.15, -0.1) is 11.6 Å². The highest BCUT2D eigenvalue weighted by Crippen LogP contribution is 2.17. The van der Waals surface area contributed by atoms with Crippen LogP contribution in [0.4, 0.5) is 0 Å². The molecule has 212 valence electrons. The zero-order valence-corrected chi connectivity index (χ0v) is 26.3. The molecule has 0 saturated carbocycles. The van der Waals surface area contributed by atoms with Gasteiger partial charge in [0.05, 0.1) is 26.4 Å². The molecule has 0 bridgehead atoms. The van der Waals surface area contributed by atoms with Gasteiger partial charge in [-0.3, -0.25) is 4.90 Å². The van der Waals surface area contributed by atoms with Gasteiger partial charge in [0, 0.05) is 58.5 Å². The van der Waals surface area contributed by atoms with Gasteiger partial charge in [0.15, 0.2) is 0 Å². The van der Waals surface area contributed by atoms with Crippen molar-refractivity contribution in [1.82, 2.24) is 10.2 Å². The largest absolute Gasteiger partial charge is 0.395 e. The summed E-state index contributed by atoms with van der Waals surface area (Å²) >= 11 is 5.62. The van der Waals surface area contributed by atoms with Gasteiger partial charge in [0.1, 0.15) is 0 Å². The minimum Gasteiger partial charge on any atom is -0.395 e. The molecule has 0 amide bonds. The minimum absolute atomic E-state index is 0.697. The maximum atomic E-state index is 5.83. The SMILES string of the molecule is C1COCCN1.CCO[Si](C)(CCCCl)OCC.CCO[Si](C)(CCCN1CCOCC1)OCC. The normalized spacial score (nSPS) is 17.2. The Morgan fingerprint density at radius 1 is 0.714 bits per heavy atom. The Hall–Kier alpha value is 0.404. The summed E-state index contributed by atoms with van der Waals surface area (Å²) in [6.07, 6.45) is 2.16. The highest BCUT2D eigenvalue weighted by molar-refractivity contribution is 6.66. The molecule has 0 unspecified atom stereocenters. The monoisotopic (exact) mass is 558 g/mol. The third-order valence-corrected chi connectivity index (χ3v) is 12.0. The quantitative estimate of drug-likeness (QED) is 0.237. The maximum Gasteiger partial charge on any atom is 0.334 e. The second kappa shape index (κ2) is 23.5. The lowest BCUT2D eigenvalue weighted by Crippen LogP contribution is -2.41. The van der Waals surface area contributed by atoms with Crippen molar-refractivity contribution >= 4 is 28.7 Å². The molecular weight excluding hydrogens is 504 g/mol. The van der Waals surface area contributed by atoms with Crippen LogP contribution in [-0.2, 0) is 27.2 Å².